The fourth-order valence-corrected chi connectivity index (χ4v) is 2.59. The minimum absolute atomic E-state index is 0.0109. The van der Waals surface area contributed by atoms with Crippen LogP contribution in [0, 0.1) is 11.8 Å². The van der Waals surface area contributed by atoms with Crippen LogP contribution in [0.25, 0.3) is 0 Å². The van der Waals surface area contributed by atoms with Gasteiger partial charge in [-0.15, -0.1) is 0 Å². The van der Waals surface area contributed by atoms with Gasteiger partial charge in [-0.3, -0.25) is 4.79 Å². The van der Waals surface area contributed by atoms with Gasteiger partial charge in [0, 0.05) is 6.54 Å². The molecule has 0 spiro atoms. The molecule has 0 heterocycles. The first-order chi connectivity index (χ1) is 9.66. The van der Waals surface area contributed by atoms with Gasteiger partial charge < -0.3 is 15.2 Å². The maximum absolute atomic E-state index is 11.6. The van der Waals surface area contributed by atoms with E-state index in [2.05, 4.69) is 5.32 Å². The molecule has 5 heteroatoms. The maximum atomic E-state index is 11.6. The van der Waals surface area contributed by atoms with Crippen LogP contribution >= 0.6 is 0 Å². The molecule has 0 radical (unpaired) electrons. The van der Waals surface area contributed by atoms with Gasteiger partial charge >= 0.3 is 12.1 Å². The minimum atomic E-state index is -0.771. The van der Waals surface area contributed by atoms with E-state index in [0.29, 0.717) is 13.0 Å². The molecule has 1 aliphatic carbocycles. The van der Waals surface area contributed by atoms with Gasteiger partial charge in [0.05, 0.1) is 5.92 Å². The molecule has 0 saturated heterocycles. The summed E-state index contributed by atoms with van der Waals surface area (Å²) in [6, 6.07) is 9.42. The highest BCUT2D eigenvalue weighted by Crippen LogP contribution is 2.31. The maximum Gasteiger partial charge on any atom is 0.407 e. The van der Waals surface area contributed by atoms with Crippen LogP contribution in [0.15, 0.2) is 30.3 Å². The quantitative estimate of drug-likeness (QED) is 0.866. The highest BCUT2D eigenvalue weighted by molar-refractivity contribution is 5.71. The summed E-state index contributed by atoms with van der Waals surface area (Å²) in [6.07, 6.45) is 1.95. The van der Waals surface area contributed by atoms with Gasteiger partial charge in [-0.25, -0.2) is 4.79 Å². The Balaban J connectivity index is 1.71. The fourth-order valence-electron chi connectivity index (χ4n) is 2.59. The summed E-state index contributed by atoms with van der Waals surface area (Å²) < 4.78 is 5.09. The number of hydrogen-bond donors (Lipinski definition) is 2. The molecule has 0 unspecified atom stereocenters. The van der Waals surface area contributed by atoms with E-state index in [1.807, 2.05) is 30.3 Å². The smallest absolute Gasteiger partial charge is 0.407 e. The number of amides is 1. The second-order valence-corrected chi connectivity index (χ2v) is 5.08. The molecule has 1 aromatic rings. The zero-order valence-corrected chi connectivity index (χ0v) is 11.2. The van der Waals surface area contributed by atoms with Gasteiger partial charge in [-0.2, -0.15) is 0 Å². The Morgan fingerprint density at radius 3 is 2.70 bits per heavy atom. The molecule has 1 aliphatic rings. The number of ether oxygens (including phenoxy) is 1. The first-order valence-corrected chi connectivity index (χ1v) is 6.84. The molecule has 2 atom stereocenters. The first-order valence-electron chi connectivity index (χ1n) is 6.84. The highest BCUT2D eigenvalue weighted by Gasteiger charge is 2.32. The summed E-state index contributed by atoms with van der Waals surface area (Å²) in [5.41, 5.74) is 0.923. The topological polar surface area (TPSA) is 75.6 Å². The third-order valence-corrected chi connectivity index (χ3v) is 3.70. The van der Waals surface area contributed by atoms with E-state index in [1.165, 1.54) is 0 Å². The second-order valence-electron chi connectivity index (χ2n) is 5.08. The average molecular weight is 277 g/mol. The molecule has 0 aliphatic heterocycles. The number of aliphatic carboxylic acids is 1. The van der Waals surface area contributed by atoms with Crippen LogP contribution < -0.4 is 5.32 Å². The van der Waals surface area contributed by atoms with E-state index >= 15 is 0 Å². The Labute approximate surface area is 117 Å². The van der Waals surface area contributed by atoms with Crippen LogP contribution in [0.4, 0.5) is 4.79 Å². The molecule has 2 N–H and O–H groups in total. The number of carbonyl (C=O) groups excluding carboxylic acids is 1. The molecule has 1 saturated carbocycles. The van der Waals surface area contributed by atoms with Crippen molar-refractivity contribution in [2.24, 2.45) is 11.8 Å². The Morgan fingerprint density at radius 2 is 2.00 bits per heavy atom. The largest absolute Gasteiger partial charge is 0.481 e. The zero-order chi connectivity index (χ0) is 14.4. The van der Waals surface area contributed by atoms with Crippen molar-refractivity contribution in [3.05, 3.63) is 35.9 Å². The number of nitrogens with one attached hydrogen (secondary N) is 1. The molecule has 0 bridgehead atoms. The zero-order valence-electron chi connectivity index (χ0n) is 11.2. The van der Waals surface area contributed by atoms with E-state index in [0.717, 1.165) is 18.4 Å². The van der Waals surface area contributed by atoms with Crippen LogP contribution in [-0.2, 0) is 16.1 Å². The summed E-state index contributed by atoms with van der Waals surface area (Å²) >= 11 is 0. The summed E-state index contributed by atoms with van der Waals surface area (Å²) in [7, 11) is 0. The molecule has 0 aromatic heterocycles. The summed E-state index contributed by atoms with van der Waals surface area (Å²) in [4.78, 5) is 22.6. The van der Waals surface area contributed by atoms with Crippen molar-refractivity contribution in [1.82, 2.24) is 5.32 Å². The predicted octanol–water partition coefficient (Wildman–Crippen LogP) is 2.41. The SMILES string of the molecule is O=C(NC[C@H]1CCC[C@H]1C(=O)O)OCc1ccccc1. The first kappa shape index (κ1) is 14.4. The van der Waals surface area contributed by atoms with Gasteiger partial charge in [-0.05, 0) is 24.3 Å². The number of hydrogen-bond acceptors (Lipinski definition) is 3. The minimum Gasteiger partial charge on any atom is -0.481 e. The lowest BCUT2D eigenvalue weighted by Gasteiger charge is -2.16. The van der Waals surface area contributed by atoms with Crippen LogP contribution in [0.5, 0.6) is 0 Å². The van der Waals surface area contributed by atoms with Crippen LogP contribution in [0.1, 0.15) is 24.8 Å². The molecule has 1 aromatic carbocycles. The molecule has 1 amide bonds. The monoisotopic (exact) mass is 277 g/mol. The summed E-state index contributed by atoms with van der Waals surface area (Å²) in [5.74, 6) is -1.10. The normalized spacial score (nSPS) is 21.4. The predicted molar refractivity (Wildman–Crippen MR) is 73.1 cm³/mol. The third-order valence-electron chi connectivity index (χ3n) is 3.70. The number of carboxylic acid groups (broad SMARTS) is 1. The lowest BCUT2D eigenvalue weighted by atomic mass is 9.96. The number of benzene rings is 1. The molecule has 108 valence electrons. The Hall–Kier alpha value is -2.04. The van der Waals surface area contributed by atoms with Gasteiger partial charge in [0.1, 0.15) is 6.61 Å². The van der Waals surface area contributed by atoms with Crippen molar-refractivity contribution >= 4 is 12.1 Å². The lowest BCUT2D eigenvalue weighted by Crippen LogP contribution is -2.33. The van der Waals surface area contributed by atoms with E-state index in [9.17, 15) is 9.59 Å². The number of carbonyl (C=O) groups is 2. The van der Waals surface area contributed by atoms with E-state index in [-0.39, 0.29) is 18.4 Å². The highest BCUT2D eigenvalue weighted by atomic mass is 16.5. The van der Waals surface area contributed by atoms with E-state index in [1.54, 1.807) is 0 Å². The van der Waals surface area contributed by atoms with Gasteiger partial charge in [0.2, 0.25) is 0 Å². The van der Waals surface area contributed by atoms with E-state index in [4.69, 9.17) is 9.84 Å². The Kier molecular flexibility index (Phi) is 4.98. The van der Waals surface area contributed by atoms with Gasteiger partial charge in [0.15, 0.2) is 0 Å². The van der Waals surface area contributed by atoms with Crippen molar-refractivity contribution in [3.63, 3.8) is 0 Å². The number of alkyl carbamates (subject to hydrolysis) is 1. The summed E-state index contributed by atoms with van der Waals surface area (Å²) in [5, 5.41) is 11.7. The summed E-state index contributed by atoms with van der Waals surface area (Å²) in [6.45, 7) is 0.588. The van der Waals surface area contributed by atoms with Crippen LogP contribution in [0.3, 0.4) is 0 Å². The van der Waals surface area contributed by atoms with Crippen molar-refractivity contribution < 1.29 is 19.4 Å². The molecule has 1 fully saturated rings. The Bertz CT molecular complexity index is 460. The standard InChI is InChI=1S/C15H19NO4/c17-14(18)13-8-4-7-12(13)9-16-15(19)20-10-11-5-2-1-3-6-11/h1-3,5-6,12-13H,4,7-10H2,(H,16,19)(H,17,18)/t12-,13-/m1/s1. The van der Waals surface area contributed by atoms with Crippen molar-refractivity contribution in [2.45, 2.75) is 25.9 Å². The number of carboxylic acids is 1. The molecule has 5 nitrogen and oxygen atoms in total. The van der Waals surface area contributed by atoms with E-state index < -0.39 is 12.1 Å². The van der Waals surface area contributed by atoms with Crippen molar-refractivity contribution in [1.29, 1.82) is 0 Å². The van der Waals surface area contributed by atoms with Crippen LogP contribution in [-0.4, -0.2) is 23.7 Å². The number of rotatable bonds is 5. The fraction of sp³-hybridized carbons (Fsp3) is 0.467. The molecular weight excluding hydrogens is 258 g/mol. The van der Waals surface area contributed by atoms with Crippen molar-refractivity contribution in [3.8, 4) is 0 Å². The molecular formula is C15H19NO4. The average Bonchev–Trinajstić information content (AvgIpc) is 2.92. The van der Waals surface area contributed by atoms with Crippen LogP contribution in [0.2, 0.25) is 0 Å². The Morgan fingerprint density at radius 1 is 1.25 bits per heavy atom. The van der Waals surface area contributed by atoms with Gasteiger partial charge in [0.25, 0.3) is 0 Å². The lowest BCUT2D eigenvalue weighted by molar-refractivity contribution is -0.142. The third kappa shape index (κ3) is 3.98. The van der Waals surface area contributed by atoms with Crippen molar-refractivity contribution in [2.75, 3.05) is 6.54 Å². The molecule has 2 rings (SSSR count). The van der Waals surface area contributed by atoms with Gasteiger partial charge in [-0.1, -0.05) is 36.8 Å². The molecule has 20 heavy (non-hydrogen) atoms. The second kappa shape index (κ2) is 6.93.